The minimum atomic E-state index is 0.154. The average molecular weight is 290 g/mol. The van der Waals surface area contributed by atoms with Gasteiger partial charge in [-0.25, -0.2) is 0 Å². The Morgan fingerprint density at radius 2 is 2.05 bits per heavy atom. The van der Waals surface area contributed by atoms with Crippen molar-refractivity contribution in [1.82, 2.24) is 10.2 Å². The average Bonchev–Trinajstić information content (AvgIpc) is 2.48. The van der Waals surface area contributed by atoms with Crippen LogP contribution in [0.3, 0.4) is 0 Å². The molecule has 118 valence electrons. The summed E-state index contributed by atoms with van der Waals surface area (Å²) in [5.41, 5.74) is 1.42. The highest BCUT2D eigenvalue weighted by Crippen LogP contribution is 2.45. The molecular weight excluding hydrogens is 260 g/mol. The lowest BCUT2D eigenvalue weighted by atomic mass is 9.69. The summed E-state index contributed by atoms with van der Waals surface area (Å²) in [5.74, 6) is 1.75. The van der Waals surface area contributed by atoms with Gasteiger partial charge < -0.3 is 15.0 Å². The van der Waals surface area contributed by atoms with E-state index in [4.69, 9.17) is 4.74 Å². The predicted octanol–water partition coefficient (Wildman–Crippen LogP) is 3.47. The summed E-state index contributed by atoms with van der Waals surface area (Å²) in [6.07, 6.45) is 5.10. The normalized spacial score (nSPS) is 27.6. The van der Waals surface area contributed by atoms with Crippen molar-refractivity contribution in [2.75, 3.05) is 28.3 Å². The van der Waals surface area contributed by atoms with Gasteiger partial charge in [0.1, 0.15) is 5.75 Å². The molecular formula is C18H30N2O. The van der Waals surface area contributed by atoms with Crippen molar-refractivity contribution in [3.8, 4) is 5.75 Å². The Bertz CT molecular complexity index is 460. The van der Waals surface area contributed by atoms with Crippen LogP contribution in [0.15, 0.2) is 24.3 Å². The quantitative estimate of drug-likeness (QED) is 0.898. The number of nitrogens with one attached hydrogen (secondary N) is 1. The van der Waals surface area contributed by atoms with Gasteiger partial charge in [0.25, 0.3) is 0 Å². The van der Waals surface area contributed by atoms with E-state index in [1.165, 1.54) is 31.2 Å². The molecule has 0 saturated heterocycles. The third kappa shape index (κ3) is 3.09. The number of nitrogens with zero attached hydrogens (tertiary/aromatic N) is 1. The standard InChI is InChI=1S/C18H30N2O/c1-14-9-8-12-18(13-14,20(3)4)17(19-2)15-10-6-7-11-16(15)21-5/h6-7,10-11,14,17,19H,8-9,12-13H2,1-5H3. The molecule has 1 N–H and O–H groups in total. The number of benzene rings is 1. The Morgan fingerprint density at radius 3 is 2.62 bits per heavy atom. The lowest BCUT2D eigenvalue weighted by Crippen LogP contribution is -2.55. The Labute approximate surface area is 129 Å². The van der Waals surface area contributed by atoms with Gasteiger partial charge >= 0.3 is 0 Å². The van der Waals surface area contributed by atoms with Crippen LogP contribution < -0.4 is 10.1 Å². The van der Waals surface area contributed by atoms with Crippen molar-refractivity contribution in [3.05, 3.63) is 29.8 Å². The van der Waals surface area contributed by atoms with Crippen LogP contribution in [-0.4, -0.2) is 38.7 Å². The van der Waals surface area contributed by atoms with Crippen molar-refractivity contribution in [1.29, 1.82) is 0 Å². The summed E-state index contributed by atoms with van der Waals surface area (Å²) in [4.78, 5) is 2.43. The minimum absolute atomic E-state index is 0.154. The zero-order chi connectivity index (χ0) is 15.5. The van der Waals surface area contributed by atoms with Crippen molar-refractivity contribution in [2.45, 2.75) is 44.2 Å². The van der Waals surface area contributed by atoms with Crippen molar-refractivity contribution < 1.29 is 4.74 Å². The van der Waals surface area contributed by atoms with Crippen LogP contribution >= 0.6 is 0 Å². The predicted molar refractivity (Wildman–Crippen MR) is 88.8 cm³/mol. The van der Waals surface area contributed by atoms with Crippen LogP contribution in [0.1, 0.15) is 44.2 Å². The Morgan fingerprint density at radius 1 is 1.33 bits per heavy atom. The number of hydrogen-bond donors (Lipinski definition) is 1. The molecule has 1 fully saturated rings. The summed E-state index contributed by atoms with van der Waals surface area (Å²) >= 11 is 0. The van der Waals surface area contributed by atoms with E-state index in [0.29, 0.717) is 0 Å². The van der Waals surface area contributed by atoms with E-state index in [9.17, 15) is 0 Å². The van der Waals surface area contributed by atoms with Gasteiger partial charge in [-0.2, -0.15) is 0 Å². The van der Waals surface area contributed by atoms with E-state index in [1.54, 1.807) is 7.11 Å². The first-order valence-electron chi connectivity index (χ1n) is 8.02. The molecule has 3 nitrogen and oxygen atoms in total. The van der Waals surface area contributed by atoms with E-state index >= 15 is 0 Å². The third-order valence-electron chi connectivity index (χ3n) is 5.18. The minimum Gasteiger partial charge on any atom is -0.496 e. The van der Waals surface area contributed by atoms with Crippen LogP contribution in [0.5, 0.6) is 5.75 Å². The van der Waals surface area contributed by atoms with Crippen molar-refractivity contribution in [3.63, 3.8) is 0 Å². The highest BCUT2D eigenvalue weighted by atomic mass is 16.5. The molecule has 1 aliphatic carbocycles. The molecule has 0 bridgehead atoms. The molecule has 1 aromatic rings. The molecule has 21 heavy (non-hydrogen) atoms. The first-order chi connectivity index (χ1) is 10.0. The van der Waals surface area contributed by atoms with E-state index in [1.807, 2.05) is 6.07 Å². The van der Waals surface area contributed by atoms with Gasteiger partial charge in [0.05, 0.1) is 13.2 Å². The molecule has 0 aliphatic heterocycles. The van der Waals surface area contributed by atoms with E-state index in [2.05, 4.69) is 56.5 Å². The molecule has 1 aliphatic rings. The zero-order valence-corrected chi connectivity index (χ0v) is 14.1. The van der Waals surface area contributed by atoms with E-state index < -0.39 is 0 Å². The van der Waals surface area contributed by atoms with Gasteiger partial charge in [-0.3, -0.25) is 0 Å². The fourth-order valence-electron chi connectivity index (χ4n) is 4.11. The number of likely N-dealkylation sites (N-methyl/N-ethyl adjacent to an activating group) is 2. The van der Waals surface area contributed by atoms with Crippen molar-refractivity contribution in [2.24, 2.45) is 5.92 Å². The van der Waals surface area contributed by atoms with Gasteiger partial charge in [-0.15, -0.1) is 0 Å². The smallest absolute Gasteiger partial charge is 0.123 e. The first kappa shape index (κ1) is 16.3. The molecule has 0 radical (unpaired) electrons. The Hall–Kier alpha value is -1.06. The maximum absolute atomic E-state index is 5.61. The molecule has 3 unspecified atom stereocenters. The van der Waals surface area contributed by atoms with Crippen LogP contribution in [-0.2, 0) is 0 Å². The number of para-hydroxylation sites is 1. The molecule has 0 amide bonds. The lowest BCUT2D eigenvalue weighted by Gasteiger charge is -2.50. The molecule has 0 heterocycles. The summed E-state index contributed by atoms with van der Waals surface area (Å²) < 4.78 is 5.61. The second kappa shape index (κ2) is 6.80. The third-order valence-corrected chi connectivity index (χ3v) is 5.18. The molecule has 3 atom stereocenters. The van der Waals surface area contributed by atoms with Gasteiger partial charge in [-0.05, 0) is 46.0 Å². The number of ether oxygens (including phenoxy) is 1. The fraction of sp³-hybridized carbons (Fsp3) is 0.667. The maximum atomic E-state index is 5.61. The van der Waals surface area contributed by atoms with Crippen LogP contribution in [0.4, 0.5) is 0 Å². The summed E-state index contributed by atoms with van der Waals surface area (Å²) in [7, 11) is 8.27. The maximum Gasteiger partial charge on any atom is 0.123 e. The van der Waals surface area contributed by atoms with E-state index in [-0.39, 0.29) is 11.6 Å². The molecule has 3 heteroatoms. The zero-order valence-electron chi connectivity index (χ0n) is 14.1. The van der Waals surface area contributed by atoms with Crippen LogP contribution in [0, 0.1) is 5.92 Å². The van der Waals surface area contributed by atoms with Crippen molar-refractivity contribution >= 4 is 0 Å². The molecule has 2 rings (SSSR count). The highest BCUT2D eigenvalue weighted by molar-refractivity contribution is 5.38. The second-order valence-corrected chi connectivity index (χ2v) is 6.66. The first-order valence-corrected chi connectivity index (χ1v) is 8.02. The molecule has 0 spiro atoms. The summed E-state index contributed by atoms with van der Waals surface area (Å²) in [5, 5.41) is 3.58. The Balaban J connectivity index is 2.45. The van der Waals surface area contributed by atoms with Crippen LogP contribution in [0.2, 0.25) is 0 Å². The highest BCUT2D eigenvalue weighted by Gasteiger charge is 2.44. The Kier molecular flexibility index (Phi) is 5.28. The fourth-order valence-corrected chi connectivity index (χ4v) is 4.11. The summed E-state index contributed by atoms with van der Waals surface area (Å²) in [6.45, 7) is 2.38. The monoisotopic (exact) mass is 290 g/mol. The van der Waals surface area contributed by atoms with Gasteiger partial charge in [0, 0.05) is 11.1 Å². The molecule has 1 saturated carbocycles. The summed E-state index contributed by atoms with van der Waals surface area (Å²) in [6, 6.07) is 8.70. The second-order valence-electron chi connectivity index (χ2n) is 6.66. The van der Waals surface area contributed by atoms with Gasteiger partial charge in [0.2, 0.25) is 0 Å². The van der Waals surface area contributed by atoms with Gasteiger partial charge in [-0.1, -0.05) is 38.0 Å². The number of hydrogen-bond acceptors (Lipinski definition) is 3. The van der Waals surface area contributed by atoms with Crippen LogP contribution in [0.25, 0.3) is 0 Å². The largest absolute Gasteiger partial charge is 0.496 e. The molecule has 1 aromatic carbocycles. The lowest BCUT2D eigenvalue weighted by molar-refractivity contribution is 0.0385. The number of rotatable bonds is 5. The molecule has 0 aromatic heterocycles. The van der Waals surface area contributed by atoms with E-state index in [0.717, 1.165) is 11.7 Å². The number of methoxy groups -OCH3 is 1. The topological polar surface area (TPSA) is 24.5 Å². The SMILES string of the molecule is CNC(c1ccccc1OC)C1(N(C)C)CCCC(C)C1. The van der Waals surface area contributed by atoms with Gasteiger partial charge in [0.15, 0.2) is 0 Å².